The van der Waals surface area contributed by atoms with Crippen LogP contribution in [0.25, 0.3) is 0 Å². The molecule has 0 aromatic carbocycles. The Labute approximate surface area is 114 Å². The van der Waals surface area contributed by atoms with E-state index in [1.807, 2.05) is 13.8 Å². The molecule has 0 aliphatic carbocycles. The predicted molar refractivity (Wildman–Crippen MR) is 69.3 cm³/mol. The highest BCUT2D eigenvalue weighted by molar-refractivity contribution is 7.81. The fraction of sp³-hybridized carbons (Fsp3) is 0.900. The van der Waals surface area contributed by atoms with Crippen LogP contribution in [0.4, 0.5) is 4.79 Å². The Bertz CT molecular complexity index is 314. The zero-order chi connectivity index (χ0) is 15.3. The van der Waals surface area contributed by atoms with Gasteiger partial charge in [0.1, 0.15) is 0 Å². The summed E-state index contributed by atoms with van der Waals surface area (Å²) in [4.78, 5) is 11.4. The van der Waals surface area contributed by atoms with Gasteiger partial charge in [0.05, 0.1) is 20.3 Å². The molecular weight excluding hydrogens is 278 g/mol. The molecule has 0 spiro atoms. The van der Waals surface area contributed by atoms with Crippen LogP contribution < -0.4 is 0 Å². The van der Waals surface area contributed by atoms with E-state index in [1.54, 1.807) is 6.92 Å². The van der Waals surface area contributed by atoms with Gasteiger partial charge in [0.25, 0.3) is 0 Å². The molecule has 0 aliphatic rings. The summed E-state index contributed by atoms with van der Waals surface area (Å²) < 4.78 is 34.0. The van der Waals surface area contributed by atoms with E-state index in [2.05, 4.69) is 18.0 Å². The third-order valence-electron chi connectivity index (χ3n) is 2.00. The molecule has 0 heterocycles. The first-order chi connectivity index (χ1) is 8.82. The van der Waals surface area contributed by atoms with Crippen LogP contribution in [0, 0.1) is 0 Å². The summed E-state index contributed by atoms with van der Waals surface area (Å²) >= 11 is 0. The van der Waals surface area contributed by atoms with Gasteiger partial charge < -0.3 is 14.7 Å². The van der Waals surface area contributed by atoms with Gasteiger partial charge in [-0.3, -0.25) is 4.18 Å². The smallest absolute Gasteiger partial charge is 0.450 e. The van der Waals surface area contributed by atoms with Gasteiger partial charge >= 0.3 is 16.6 Å². The van der Waals surface area contributed by atoms with Gasteiger partial charge in [0.15, 0.2) is 0 Å². The van der Waals surface area contributed by atoms with Crippen LogP contribution in [-0.4, -0.2) is 64.5 Å². The molecule has 0 saturated heterocycles. The van der Waals surface area contributed by atoms with E-state index >= 15 is 0 Å². The lowest BCUT2D eigenvalue weighted by atomic mass is 10.5. The van der Waals surface area contributed by atoms with Gasteiger partial charge in [0, 0.05) is 6.54 Å². The van der Waals surface area contributed by atoms with Crippen molar-refractivity contribution in [3.8, 4) is 0 Å². The SMILES string of the molecule is CCN(CC)CCOS(=O)(=O)OC.CCOC(=O)O. The molecule has 0 unspecified atom stereocenters. The van der Waals surface area contributed by atoms with Gasteiger partial charge in [-0.1, -0.05) is 13.8 Å². The predicted octanol–water partition coefficient (Wildman–Crippen LogP) is 0.937. The fourth-order valence-corrected chi connectivity index (χ4v) is 1.35. The fourth-order valence-electron chi connectivity index (χ4n) is 0.980. The Morgan fingerprint density at radius 2 is 1.74 bits per heavy atom. The van der Waals surface area contributed by atoms with Gasteiger partial charge in [-0.15, -0.1) is 0 Å². The first kappa shape index (κ1) is 20.4. The number of ether oxygens (including phenoxy) is 1. The topological polar surface area (TPSA) is 102 Å². The lowest BCUT2D eigenvalue weighted by Crippen LogP contribution is -2.28. The molecule has 0 aromatic rings. The molecule has 0 saturated carbocycles. The molecule has 0 bridgehead atoms. The minimum absolute atomic E-state index is 0.137. The van der Waals surface area contributed by atoms with E-state index in [-0.39, 0.29) is 13.2 Å². The van der Waals surface area contributed by atoms with Crippen LogP contribution in [0.5, 0.6) is 0 Å². The second kappa shape index (κ2) is 12.2. The average Bonchev–Trinajstić information content (AvgIpc) is 2.35. The number of hydrogen-bond acceptors (Lipinski definition) is 7. The standard InChI is InChI=1S/C7H17NO4S.C3H6O3/c1-4-8(5-2)6-7-12-13(9,10)11-3;1-2-6-3(4)5/h4-7H2,1-3H3;2H2,1H3,(H,4,5). The van der Waals surface area contributed by atoms with E-state index in [9.17, 15) is 13.2 Å². The average molecular weight is 301 g/mol. The summed E-state index contributed by atoms with van der Waals surface area (Å²) in [7, 11) is -2.68. The molecule has 116 valence electrons. The summed E-state index contributed by atoms with van der Waals surface area (Å²) in [5.41, 5.74) is 0. The third kappa shape index (κ3) is 15.0. The molecule has 1 N–H and O–H groups in total. The summed E-state index contributed by atoms with van der Waals surface area (Å²) in [5, 5.41) is 7.69. The van der Waals surface area contributed by atoms with Crippen LogP contribution in [0.3, 0.4) is 0 Å². The Morgan fingerprint density at radius 1 is 1.21 bits per heavy atom. The third-order valence-corrected chi connectivity index (χ3v) is 2.87. The van der Waals surface area contributed by atoms with Crippen molar-refractivity contribution in [3.63, 3.8) is 0 Å². The molecule has 0 atom stereocenters. The lowest BCUT2D eigenvalue weighted by Gasteiger charge is -2.16. The Kier molecular flexibility index (Phi) is 13.1. The first-order valence-corrected chi connectivity index (χ1v) is 7.19. The van der Waals surface area contributed by atoms with Crippen LogP contribution in [-0.2, 0) is 23.5 Å². The molecule has 0 fully saturated rings. The van der Waals surface area contributed by atoms with Crippen molar-refractivity contribution >= 4 is 16.6 Å². The molecular formula is C10H23NO7S. The van der Waals surface area contributed by atoms with Gasteiger partial charge in [-0.2, -0.15) is 8.42 Å². The number of carbonyl (C=O) groups is 1. The number of nitrogens with zero attached hydrogens (tertiary/aromatic N) is 1. The van der Waals surface area contributed by atoms with Crippen molar-refractivity contribution in [2.45, 2.75) is 20.8 Å². The van der Waals surface area contributed by atoms with Gasteiger partial charge in [0.2, 0.25) is 0 Å². The largest absolute Gasteiger partial charge is 0.505 e. The highest BCUT2D eigenvalue weighted by Crippen LogP contribution is 1.94. The van der Waals surface area contributed by atoms with Gasteiger partial charge in [-0.25, -0.2) is 8.98 Å². The van der Waals surface area contributed by atoms with E-state index in [0.29, 0.717) is 6.54 Å². The van der Waals surface area contributed by atoms with Crippen molar-refractivity contribution in [1.29, 1.82) is 0 Å². The Hall–Kier alpha value is -0.900. The van der Waals surface area contributed by atoms with Crippen LogP contribution >= 0.6 is 0 Å². The molecule has 19 heavy (non-hydrogen) atoms. The van der Waals surface area contributed by atoms with Crippen molar-refractivity contribution in [3.05, 3.63) is 0 Å². The molecule has 0 aliphatic heterocycles. The van der Waals surface area contributed by atoms with E-state index in [4.69, 9.17) is 5.11 Å². The Balaban J connectivity index is 0. The molecule has 0 amide bonds. The zero-order valence-corrected chi connectivity index (χ0v) is 12.6. The van der Waals surface area contributed by atoms with Crippen LogP contribution in [0.1, 0.15) is 20.8 Å². The van der Waals surface area contributed by atoms with Gasteiger partial charge in [-0.05, 0) is 20.0 Å². The molecule has 0 radical (unpaired) electrons. The summed E-state index contributed by atoms with van der Waals surface area (Å²) in [6.45, 7) is 8.36. The highest BCUT2D eigenvalue weighted by Gasteiger charge is 2.08. The highest BCUT2D eigenvalue weighted by atomic mass is 32.3. The quantitative estimate of drug-likeness (QED) is 0.661. The van der Waals surface area contributed by atoms with E-state index in [0.717, 1.165) is 20.2 Å². The Morgan fingerprint density at radius 3 is 2.00 bits per heavy atom. The second-order valence-corrected chi connectivity index (χ2v) is 4.51. The zero-order valence-electron chi connectivity index (χ0n) is 11.8. The molecule has 9 heteroatoms. The van der Waals surface area contributed by atoms with E-state index in [1.165, 1.54) is 0 Å². The normalized spacial score (nSPS) is 10.8. The summed E-state index contributed by atoms with van der Waals surface area (Å²) in [6.07, 6.45) is -1.21. The lowest BCUT2D eigenvalue weighted by molar-refractivity contribution is 0.0966. The summed E-state index contributed by atoms with van der Waals surface area (Å²) in [6, 6.07) is 0. The number of hydrogen-bond donors (Lipinski definition) is 1. The molecule has 8 nitrogen and oxygen atoms in total. The van der Waals surface area contributed by atoms with E-state index < -0.39 is 16.6 Å². The van der Waals surface area contributed by atoms with Crippen molar-refractivity contribution in [2.75, 3.05) is 40.0 Å². The number of carboxylic acid groups (broad SMARTS) is 1. The van der Waals surface area contributed by atoms with Crippen molar-refractivity contribution in [1.82, 2.24) is 4.90 Å². The first-order valence-electron chi connectivity index (χ1n) is 5.85. The van der Waals surface area contributed by atoms with Crippen LogP contribution in [0.2, 0.25) is 0 Å². The second-order valence-electron chi connectivity index (χ2n) is 3.12. The molecule has 0 rings (SSSR count). The molecule has 0 aromatic heterocycles. The number of likely N-dealkylation sites (N-methyl/N-ethyl adjacent to an activating group) is 1. The monoisotopic (exact) mass is 301 g/mol. The maximum atomic E-state index is 10.7. The summed E-state index contributed by atoms with van der Waals surface area (Å²) in [5.74, 6) is 0. The maximum absolute atomic E-state index is 10.7. The minimum atomic E-state index is -3.76. The minimum Gasteiger partial charge on any atom is -0.450 e. The number of rotatable bonds is 8. The van der Waals surface area contributed by atoms with Crippen molar-refractivity contribution in [2.24, 2.45) is 0 Å². The maximum Gasteiger partial charge on any atom is 0.505 e. The van der Waals surface area contributed by atoms with Crippen molar-refractivity contribution < 1.29 is 31.4 Å². The van der Waals surface area contributed by atoms with Crippen LogP contribution in [0.15, 0.2) is 0 Å².